The van der Waals surface area contributed by atoms with Crippen molar-refractivity contribution >= 4 is 27.5 Å². The first-order valence-electron chi connectivity index (χ1n) is 12.6. The van der Waals surface area contributed by atoms with Crippen molar-refractivity contribution in [2.24, 2.45) is 0 Å². The number of para-hydroxylation sites is 1. The molecule has 0 saturated carbocycles. The van der Waals surface area contributed by atoms with Crippen molar-refractivity contribution in [2.75, 3.05) is 24.0 Å². The molecule has 8 nitrogen and oxygen atoms in total. The highest BCUT2D eigenvalue weighted by Crippen LogP contribution is 2.26. The summed E-state index contributed by atoms with van der Waals surface area (Å²) in [5.41, 5.74) is 2.20. The molecule has 3 rings (SSSR count). The maximum Gasteiger partial charge on any atom is 0.264 e. The quantitative estimate of drug-likeness (QED) is 0.375. The average Bonchev–Trinajstić information content (AvgIpc) is 2.91. The van der Waals surface area contributed by atoms with Crippen LogP contribution in [0.15, 0.2) is 83.8 Å². The number of rotatable bonds is 12. The van der Waals surface area contributed by atoms with Gasteiger partial charge in [0.2, 0.25) is 11.8 Å². The number of amides is 2. The van der Waals surface area contributed by atoms with Gasteiger partial charge in [0.15, 0.2) is 0 Å². The zero-order chi connectivity index (χ0) is 27.7. The number of aryl methyl sites for hydroxylation is 1. The van der Waals surface area contributed by atoms with Crippen LogP contribution in [0.25, 0.3) is 0 Å². The first-order valence-corrected chi connectivity index (χ1v) is 14.0. The summed E-state index contributed by atoms with van der Waals surface area (Å²) in [7, 11) is -4.12. The van der Waals surface area contributed by atoms with Gasteiger partial charge in [-0.3, -0.25) is 13.9 Å². The number of hydrogen-bond acceptors (Lipinski definition) is 5. The molecule has 0 aromatic heterocycles. The maximum atomic E-state index is 13.8. The third-order valence-electron chi connectivity index (χ3n) is 6.00. The van der Waals surface area contributed by atoms with E-state index < -0.39 is 28.5 Å². The Labute approximate surface area is 225 Å². The van der Waals surface area contributed by atoms with Crippen LogP contribution in [0.4, 0.5) is 5.69 Å². The highest BCUT2D eigenvalue weighted by Gasteiger charge is 2.32. The molecule has 1 atom stereocenters. The molecule has 1 N–H and O–H groups in total. The molecule has 0 aliphatic carbocycles. The second-order valence-electron chi connectivity index (χ2n) is 8.83. The van der Waals surface area contributed by atoms with E-state index in [0.717, 1.165) is 15.4 Å². The molecule has 9 heteroatoms. The van der Waals surface area contributed by atoms with E-state index in [1.807, 2.05) is 38.1 Å². The van der Waals surface area contributed by atoms with Crippen LogP contribution in [0, 0.1) is 6.92 Å². The van der Waals surface area contributed by atoms with E-state index in [2.05, 4.69) is 5.32 Å². The van der Waals surface area contributed by atoms with Crippen molar-refractivity contribution in [1.29, 1.82) is 0 Å². The Morgan fingerprint density at radius 3 is 2.24 bits per heavy atom. The van der Waals surface area contributed by atoms with E-state index in [-0.39, 0.29) is 17.3 Å². The average molecular weight is 538 g/mol. The molecule has 0 heterocycles. The minimum absolute atomic E-state index is 0.0274. The highest BCUT2D eigenvalue weighted by atomic mass is 32.2. The number of hydrogen-bond donors (Lipinski definition) is 1. The van der Waals surface area contributed by atoms with Gasteiger partial charge in [-0.2, -0.15) is 0 Å². The number of nitrogens with one attached hydrogen (secondary N) is 1. The number of benzene rings is 3. The largest absolute Gasteiger partial charge is 0.494 e. The van der Waals surface area contributed by atoms with Crippen molar-refractivity contribution in [1.82, 2.24) is 10.2 Å². The van der Waals surface area contributed by atoms with Crippen LogP contribution < -0.4 is 14.4 Å². The minimum Gasteiger partial charge on any atom is -0.494 e. The SMILES string of the molecule is CCNC(=O)[C@@H](C)N(Cc1cccc(C)c1)C(=O)CN(c1ccccc1)S(=O)(=O)c1ccc(OCC)cc1. The Bertz CT molecular complexity index is 1330. The fraction of sp³-hybridized carbons (Fsp3) is 0.310. The number of carbonyl (C=O) groups excluding carboxylic acids is 2. The van der Waals surface area contributed by atoms with E-state index in [9.17, 15) is 18.0 Å². The number of likely N-dealkylation sites (N-methyl/N-ethyl adjacent to an activating group) is 1. The summed E-state index contributed by atoms with van der Waals surface area (Å²) in [5.74, 6) is -0.258. The lowest BCUT2D eigenvalue weighted by Crippen LogP contribution is -2.51. The monoisotopic (exact) mass is 537 g/mol. The lowest BCUT2D eigenvalue weighted by atomic mass is 10.1. The maximum absolute atomic E-state index is 13.8. The molecule has 3 aromatic rings. The van der Waals surface area contributed by atoms with Crippen LogP contribution in [0.1, 0.15) is 31.9 Å². The molecule has 0 saturated heterocycles. The summed E-state index contributed by atoms with van der Waals surface area (Å²) in [4.78, 5) is 28.0. The molecule has 0 unspecified atom stereocenters. The van der Waals surface area contributed by atoms with Crippen molar-refractivity contribution in [3.05, 3.63) is 90.0 Å². The summed E-state index contributed by atoms with van der Waals surface area (Å²) < 4.78 is 34.1. The molecule has 0 radical (unpaired) electrons. The summed E-state index contributed by atoms with van der Waals surface area (Å²) in [6, 6.07) is 21.4. The molecule has 0 fully saturated rings. The Kier molecular flexibility index (Phi) is 9.90. The molecular weight excluding hydrogens is 502 g/mol. The van der Waals surface area contributed by atoms with E-state index in [1.165, 1.54) is 17.0 Å². The number of nitrogens with zero attached hydrogens (tertiary/aromatic N) is 2. The molecular formula is C29H35N3O5S. The lowest BCUT2D eigenvalue weighted by molar-refractivity contribution is -0.139. The van der Waals surface area contributed by atoms with E-state index in [1.54, 1.807) is 56.3 Å². The second-order valence-corrected chi connectivity index (χ2v) is 10.7. The Hall–Kier alpha value is -3.85. The fourth-order valence-electron chi connectivity index (χ4n) is 4.04. The lowest BCUT2D eigenvalue weighted by Gasteiger charge is -2.32. The first kappa shape index (κ1) is 28.7. The molecule has 0 aliphatic heterocycles. The van der Waals surface area contributed by atoms with Crippen molar-refractivity contribution in [2.45, 2.75) is 45.2 Å². The van der Waals surface area contributed by atoms with Gasteiger partial charge in [-0.1, -0.05) is 48.0 Å². The van der Waals surface area contributed by atoms with E-state index >= 15 is 0 Å². The topological polar surface area (TPSA) is 96.0 Å². The van der Waals surface area contributed by atoms with Crippen LogP contribution in [-0.2, 0) is 26.2 Å². The molecule has 2 amide bonds. The standard InChI is InChI=1S/C29H35N3O5S/c1-5-30-29(34)23(4)31(20-24-12-10-11-22(3)19-24)28(33)21-32(25-13-8-7-9-14-25)38(35,36)27-17-15-26(16-18-27)37-6-2/h7-19,23H,5-6,20-21H2,1-4H3,(H,30,34)/t23-/m1/s1. The number of anilines is 1. The fourth-order valence-corrected chi connectivity index (χ4v) is 5.45. The molecule has 3 aromatic carbocycles. The summed E-state index contributed by atoms with van der Waals surface area (Å²) >= 11 is 0. The summed E-state index contributed by atoms with van der Waals surface area (Å²) in [6.45, 7) is 7.79. The minimum atomic E-state index is -4.12. The number of ether oxygens (including phenoxy) is 1. The molecule has 0 spiro atoms. The van der Waals surface area contributed by atoms with Crippen LogP contribution in [0.3, 0.4) is 0 Å². The van der Waals surface area contributed by atoms with Gasteiger partial charge in [0, 0.05) is 13.1 Å². The van der Waals surface area contributed by atoms with Gasteiger partial charge in [0.05, 0.1) is 17.2 Å². The van der Waals surface area contributed by atoms with Crippen LogP contribution in [0.2, 0.25) is 0 Å². The zero-order valence-electron chi connectivity index (χ0n) is 22.3. The van der Waals surface area contributed by atoms with Crippen molar-refractivity contribution in [3.63, 3.8) is 0 Å². The summed E-state index contributed by atoms with van der Waals surface area (Å²) in [5, 5.41) is 2.76. The van der Waals surface area contributed by atoms with Gasteiger partial charge < -0.3 is 15.0 Å². The van der Waals surface area contributed by atoms with Gasteiger partial charge in [-0.05, 0) is 69.7 Å². The Balaban J connectivity index is 1.99. The van der Waals surface area contributed by atoms with Crippen LogP contribution in [-0.4, -0.2) is 50.9 Å². The smallest absolute Gasteiger partial charge is 0.264 e. The normalized spacial score (nSPS) is 11.9. The van der Waals surface area contributed by atoms with Gasteiger partial charge in [-0.15, -0.1) is 0 Å². The molecule has 38 heavy (non-hydrogen) atoms. The second kappa shape index (κ2) is 13.1. The first-order chi connectivity index (χ1) is 18.2. The van der Waals surface area contributed by atoms with Crippen LogP contribution in [0.5, 0.6) is 5.75 Å². The van der Waals surface area contributed by atoms with Gasteiger partial charge >= 0.3 is 0 Å². The van der Waals surface area contributed by atoms with Crippen LogP contribution >= 0.6 is 0 Å². The van der Waals surface area contributed by atoms with Gasteiger partial charge in [0.1, 0.15) is 18.3 Å². The van der Waals surface area contributed by atoms with E-state index in [0.29, 0.717) is 24.6 Å². The summed E-state index contributed by atoms with van der Waals surface area (Å²) in [6.07, 6.45) is 0. The third kappa shape index (κ3) is 7.13. The molecule has 202 valence electrons. The Morgan fingerprint density at radius 1 is 0.947 bits per heavy atom. The van der Waals surface area contributed by atoms with Crippen molar-refractivity contribution < 1.29 is 22.7 Å². The Morgan fingerprint density at radius 2 is 1.63 bits per heavy atom. The van der Waals surface area contributed by atoms with Crippen molar-refractivity contribution in [3.8, 4) is 5.75 Å². The molecule has 0 bridgehead atoms. The number of carbonyl (C=O) groups is 2. The third-order valence-corrected chi connectivity index (χ3v) is 7.79. The predicted octanol–water partition coefficient (Wildman–Crippen LogP) is 4.14. The zero-order valence-corrected chi connectivity index (χ0v) is 23.1. The highest BCUT2D eigenvalue weighted by molar-refractivity contribution is 7.92. The number of sulfonamides is 1. The van der Waals surface area contributed by atoms with Gasteiger partial charge in [0.25, 0.3) is 10.0 Å². The molecule has 0 aliphatic rings. The predicted molar refractivity (Wildman–Crippen MR) is 148 cm³/mol. The van der Waals surface area contributed by atoms with Gasteiger partial charge in [-0.25, -0.2) is 8.42 Å². The van der Waals surface area contributed by atoms with E-state index in [4.69, 9.17) is 4.74 Å².